The third-order valence-corrected chi connectivity index (χ3v) is 10.7. The van der Waals surface area contributed by atoms with Gasteiger partial charge in [0.15, 0.2) is 5.82 Å². The first-order valence-electron chi connectivity index (χ1n) is 18.3. The summed E-state index contributed by atoms with van der Waals surface area (Å²) in [6, 6.07) is 69.1. The maximum atomic E-state index is 5.31. The Morgan fingerprint density at radius 2 is 0.796 bits per heavy atom. The van der Waals surface area contributed by atoms with E-state index < -0.39 is 0 Å². The van der Waals surface area contributed by atoms with Gasteiger partial charge < -0.3 is 9.13 Å². The molecule has 3 aromatic heterocycles. The summed E-state index contributed by atoms with van der Waals surface area (Å²) in [6.07, 6.45) is 0. The monoisotopic (exact) mass is 688 g/mol. The number of para-hydroxylation sites is 4. The van der Waals surface area contributed by atoms with E-state index in [0.717, 1.165) is 61.3 Å². The van der Waals surface area contributed by atoms with Crippen molar-refractivity contribution in [2.75, 3.05) is 0 Å². The average Bonchev–Trinajstić information content (AvgIpc) is 3.75. The molecule has 0 spiro atoms. The summed E-state index contributed by atoms with van der Waals surface area (Å²) in [5.41, 5.74) is 13.0. The Labute approximate surface area is 311 Å². The molecule has 0 atom stereocenters. The van der Waals surface area contributed by atoms with E-state index in [1.165, 1.54) is 32.6 Å². The van der Waals surface area contributed by atoms with Crippen LogP contribution in [-0.4, -0.2) is 19.1 Å². The van der Waals surface area contributed by atoms with Gasteiger partial charge in [0, 0.05) is 49.4 Å². The lowest BCUT2D eigenvalue weighted by molar-refractivity contribution is 1.17. The highest BCUT2D eigenvalue weighted by Gasteiger charge is 2.20. The maximum absolute atomic E-state index is 5.31. The van der Waals surface area contributed by atoms with E-state index >= 15 is 0 Å². The van der Waals surface area contributed by atoms with Crippen molar-refractivity contribution in [3.8, 4) is 45.1 Å². The van der Waals surface area contributed by atoms with E-state index in [2.05, 4.69) is 191 Å². The Hall–Kier alpha value is -7.30. The molecule has 0 unspecified atom stereocenters. The van der Waals surface area contributed by atoms with Crippen molar-refractivity contribution in [3.63, 3.8) is 0 Å². The third-order valence-electron chi connectivity index (χ3n) is 10.7. The predicted octanol–water partition coefficient (Wildman–Crippen LogP) is 12.8. The molecule has 0 saturated carbocycles. The van der Waals surface area contributed by atoms with Gasteiger partial charge in [-0.1, -0.05) is 133 Å². The molecule has 0 fully saturated rings. The average molecular weight is 689 g/mol. The van der Waals surface area contributed by atoms with Crippen molar-refractivity contribution in [1.82, 2.24) is 19.1 Å². The smallest absolute Gasteiger partial charge is 0.160 e. The molecule has 4 nitrogen and oxygen atoms in total. The van der Waals surface area contributed by atoms with Crippen LogP contribution in [0.2, 0.25) is 0 Å². The molecule has 0 bridgehead atoms. The highest BCUT2D eigenvalue weighted by molar-refractivity contribution is 6.19. The first-order valence-corrected chi connectivity index (χ1v) is 18.3. The Bertz CT molecular complexity index is 3200. The minimum atomic E-state index is 0.695. The van der Waals surface area contributed by atoms with E-state index in [-0.39, 0.29) is 0 Å². The fourth-order valence-electron chi connectivity index (χ4n) is 8.25. The topological polar surface area (TPSA) is 35.6 Å². The molecule has 0 N–H and O–H groups in total. The molecule has 0 saturated heterocycles. The first-order chi connectivity index (χ1) is 26.8. The third kappa shape index (κ3) is 4.78. The molecule has 11 rings (SSSR count). The lowest BCUT2D eigenvalue weighted by Gasteiger charge is -2.15. The van der Waals surface area contributed by atoms with Crippen LogP contribution in [0, 0.1) is 0 Å². The number of hydrogen-bond donors (Lipinski definition) is 0. The number of nitrogens with zero attached hydrogens (tertiary/aromatic N) is 4. The zero-order valence-electron chi connectivity index (χ0n) is 29.3. The number of rotatable bonds is 5. The summed E-state index contributed by atoms with van der Waals surface area (Å²) in [5, 5.41) is 5.90. The van der Waals surface area contributed by atoms with E-state index in [1.807, 2.05) is 12.1 Å². The number of hydrogen-bond acceptors (Lipinski definition) is 2. The van der Waals surface area contributed by atoms with Crippen LogP contribution in [0.25, 0.3) is 99.7 Å². The summed E-state index contributed by atoms with van der Waals surface area (Å²) in [7, 11) is 0. The molecule has 0 aliphatic rings. The van der Waals surface area contributed by atoms with Gasteiger partial charge in [0.1, 0.15) is 0 Å². The van der Waals surface area contributed by atoms with Crippen molar-refractivity contribution < 1.29 is 0 Å². The van der Waals surface area contributed by atoms with Crippen LogP contribution >= 0.6 is 0 Å². The normalized spacial score (nSPS) is 11.7. The van der Waals surface area contributed by atoms with E-state index in [9.17, 15) is 0 Å². The Balaban J connectivity index is 1.22. The van der Waals surface area contributed by atoms with Gasteiger partial charge in [-0.15, -0.1) is 0 Å². The molecule has 3 heterocycles. The van der Waals surface area contributed by atoms with Gasteiger partial charge in [-0.2, -0.15) is 0 Å². The van der Waals surface area contributed by atoms with Crippen LogP contribution in [0.5, 0.6) is 0 Å². The summed E-state index contributed by atoms with van der Waals surface area (Å²) in [6.45, 7) is 0. The molecule has 4 heteroatoms. The van der Waals surface area contributed by atoms with Crippen LogP contribution < -0.4 is 0 Å². The number of aromatic nitrogens is 4. The van der Waals surface area contributed by atoms with Gasteiger partial charge in [-0.05, 0) is 71.8 Å². The van der Waals surface area contributed by atoms with Crippen LogP contribution in [0.4, 0.5) is 0 Å². The molecule has 0 aliphatic carbocycles. The van der Waals surface area contributed by atoms with Crippen molar-refractivity contribution in [2.45, 2.75) is 0 Å². The van der Waals surface area contributed by atoms with Gasteiger partial charge in [0.2, 0.25) is 0 Å². The second kappa shape index (κ2) is 12.1. The summed E-state index contributed by atoms with van der Waals surface area (Å²) < 4.78 is 4.82. The lowest BCUT2D eigenvalue weighted by atomic mass is 10.0. The minimum Gasteiger partial charge on any atom is -0.309 e. The second-order valence-electron chi connectivity index (χ2n) is 13.8. The Kier molecular flexibility index (Phi) is 6.82. The van der Waals surface area contributed by atoms with Crippen molar-refractivity contribution in [1.29, 1.82) is 0 Å². The molecule has 0 aliphatic heterocycles. The van der Waals surface area contributed by atoms with Gasteiger partial charge in [-0.25, -0.2) is 9.97 Å². The molecular weight excluding hydrogens is 657 g/mol. The summed E-state index contributed by atoms with van der Waals surface area (Å²) in [5.74, 6) is 0.695. The van der Waals surface area contributed by atoms with Gasteiger partial charge in [0.25, 0.3) is 0 Å². The highest BCUT2D eigenvalue weighted by Crippen LogP contribution is 2.41. The molecular formula is C50H32N4. The standard InChI is InChI=1S/C50H32N4/c1-4-16-33(17-5-1)35-28-36(50-51-44-25-13-10-24-41(44)49(52-50)34-18-6-2-7-19-34)30-38(29-35)54-46-27-15-12-23-40(46)43-31-47-42(32-48(43)54)39-22-11-14-26-45(39)53(47)37-20-8-3-9-21-37/h1-32H. The molecule has 252 valence electrons. The second-order valence-corrected chi connectivity index (χ2v) is 13.8. The lowest BCUT2D eigenvalue weighted by Crippen LogP contribution is -1.99. The van der Waals surface area contributed by atoms with Gasteiger partial charge in [-0.3, -0.25) is 0 Å². The highest BCUT2D eigenvalue weighted by atomic mass is 15.0. The van der Waals surface area contributed by atoms with E-state index in [0.29, 0.717) is 5.82 Å². The SMILES string of the molecule is c1ccc(-c2cc(-c3nc(-c4ccccc4)c4ccccc4n3)cc(-n3c4ccccc4c4cc5c(cc43)c3ccccc3n5-c3ccccc3)c2)cc1. The zero-order valence-corrected chi connectivity index (χ0v) is 29.3. The largest absolute Gasteiger partial charge is 0.309 e. The summed E-state index contributed by atoms with van der Waals surface area (Å²) in [4.78, 5) is 10.5. The molecule has 0 radical (unpaired) electrons. The van der Waals surface area contributed by atoms with Crippen molar-refractivity contribution in [2.24, 2.45) is 0 Å². The molecule has 54 heavy (non-hydrogen) atoms. The molecule has 0 amide bonds. The fourth-order valence-corrected chi connectivity index (χ4v) is 8.25. The molecule has 11 aromatic rings. The number of benzene rings is 8. The first kappa shape index (κ1) is 30.3. The predicted molar refractivity (Wildman–Crippen MR) is 225 cm³/mol. The van der Waals surface area contributed by atoms with Crippen LogP contribution in [-0.2, 0) is 0 Å². The van der Waals surface area contributed by atoms with Crippen molar-refractivity contribution >= 4 is 54.5 Å². The quantitative estimate of drug-likeness (QED) is 0.180. The van der Waals surface area contributed by atoms with E-state index in [1.54, 1.807) is 0 Å². The van der Waals surface area contributed by atoms with Gasteiger partial charge >= 0.3 is 0 Å². The number of fused-ring (bicyclic) bond motifs is 7. The zero-order chi connectivity index (χ0) is 35.6. The van der Waals surface area contributed by atoms with Crippen molar-refractivity contribution in [3.05, 3.63) is 194 Å². The minimum absolute atomic E-state index is 0.695. The Morgan fingerprint density at radius 1 is 0.296 bits per heavy atom. The van der Waals surface area contributed by atoms with Gasteiger partial charge in [0.05, 0.1) is 33.3 Å². The maximum Gasteiger partial charge on any atom is 0.160 e. The summed E-state index contributed by atoms with van der Waals surface area (Å²) >= 11 is 0. The van der Waals surface area contributed by atoms with E-state index in [4.69, 9.17) is 9.97 Å². The van der Waals surface area contributed by atoms with Crippen LogP contribution in [0.15, 0.2) is 194 Å². The van der Waals surface area contributed by atoms with Crippen LogP contribution in [0.3, 0.4) is 0 Å². The van der Waals surface area contributed by atoms with Crippen LogP contribution in [0.1, 0.15) is 0 Å². The fraction of sp³-hybridized carbons (Fsp3) is 0. The molecule has 8 aromatic carbocycles. The Morgan fingerprint density at radius 3 is 1.44 bits per heavy atom.